The maximum absolute atomic E-state index is 10.7. The first-order chi connectivity index (χ1) is 5.75. The number of nitrogens with zero attached hydrogens (tertiary/aromatic N) is 1. The van der Waals surface area contributed by atoms with Crippen LogP contribution in [0.25, 0.3) is 0 Å². The Balaban J connectivity index is 2.27. The van der Waals surface area contributed by atoms with Crippen molar-refractivity contribution in [2.75, 3.05) is 0 Å². The molecular weight excluding hydrogens is 174 g/mol. The van der Waals surface area contributed by atoms with E-state index in [1.807, 2.05) is 19.1 Å². The maximum atomic E-state index is 10.7. The Morgan fingerprint density at radius 3 is 2.92 bits per heavy atom. The Morgan fingerprint density at radius 1 is 1.58 bits per heavy atom. The summed E-state index contributed by atoms with van der Waals surface area (Å²) in [5, 5.41) is 3.68. The highest BCUT2D eigenvalue weighted by molar-refractivity contribution is 7.14. The molecule has 2 heterocycles. The molecule has 0 amide bonds. The standard InChI is InChI=1S/C8H7NO2S/c1-5-2-3-7(12-5)6-4-8(10)11-9-6/h2-3H,4H2,1H3. The number of aryl methyl sites for hydroxylation is 1. The van der Waals surface area contributed by atoms with Crippen LogP contribution in [0.3, 0.4) is 0 Å². The Kier molecular flexibility index (Phi) is 1.69. The third kappa shape index (κ3) is 1.25. The molecule has 0 aliphatic carbocycles. The summed E-state index contributed by atoms with van der Waals surface area (Å²) in [6, 6.07) is 3.96. The molecule has 0 radical (unpaired) electrons. The lowest BCUT2D eigenvalue weighted by molar-refractivity contribution is -0.140. The molecule has 4 heteroatoms. The molecule has 2 rings (SSSR count). The second-order valence-corrected chi connectivity index (χ2v) is 3.88. The van der Waals surface area contributed by atoms with E-state index in [1.54, 1.807) is 11.3 Å². The molecule has 12 heavy (non-hydrogen) atoms. The molecule has 1 aromatic rings. The van der Waals surface area contributed by atoms with Gasteiger partial charge in [0.15, 0.2) is 0 Å². The molecule has 0 spiro atoms. The van der Waals surface area contributed by atoms with E-state index in [0.717, 1.165) is 10.6 Å². The molecule has 0 N–H and O–H groups in total. The molecule has 0 atom stereocenters. The van der Waals surface area contributed by atoms with Crippen LogP contribution in [0.1, 0.15) is 16.2 Å². The van der Waals surface area contributed by atoms with Crippen LogP contribution >= 0.6 is 11.3 Å². The van der Waals surface area contributed by atoms with E-state index < -0.39 is 0 Å². The number of hydrogen-bond acceptors (Lipinski definition) is 4. The first kappa shape index (κ1) is 7.49. The van der Waals surface area contributed by atoms with Gasteiger partial charge in [-0.25, -0.2) is 4.79 Å². The SMILES string of the molecule is Cc1ccc(C2=NOC(=O)C2)s1. The summed E-state index contributed by atoms with van der Waals surface area (Å²) < 4.78 is 0. The largest absolute Gasteiger partial charge is 0.341 e. The van der Waals surface area contributed by atoms with Gasteiger partial charge >= 0.3 is 5.97 Å². The van der Waals surface area contributed by atoms with Crippen molar-refractivity contribution in [3.05, 3.63) is 21.9 Å². The van der Waals surface area contributed by atoms with Crippen LogP contribution < -0.4 is 0 Å². The summed E-state index contributed by atoms with van der Waals surface area (Å²) >= 11 is 1.62. The van der Waals surface area contributed by atoms with Gasteiger partial charge in [0, 0.05) is 4.88 Å². The second kappa shape index (κ2) is 2.71. The van der Waals surface area contributed by atoms with Crippen LogP contribution in [0.5, 0.6) is 0 Å². The number of oxime groups is 1. The van der Waals surface area contributed by atoms with Gasteiger partial charge in [0.2, 0.25) is 0 Å². The van der Waals surface area contributed by atoms with Gasteiger partial charge in [-0.15, -0.1) is 11.3 Å². The van der Waals surface area contributed by atoms with Crippen LogP contribution in [-0.2, 0) is 9.63 Å². The highest BCUT2D eigenvalue weighted by Crippen LogP contribution is 2.20. The van der Waals surface area contributed by atoms with Crippen LogP contribution in [0.2, 0.25) is 0 Å². The van der Waals surface area contributed by atoms with E-state index in [-0.39, 0.29) is 5.97 Å². The van der Waals surface area contributed by atoms with E-state index in [2.05, 4.69) is 9.99 Å². The lowest BCUT2D eigenvalue weighted by Gasteiger charge is -1.86. The highest BCUT2D eigenvalue weighted by Gasteiger charge is 2.19. The van der Waals surface area contributed by atoms with Gasteiger partial charge in [0.25, 0.3) is 0 Å². The highest BCUT2D eigenvalue weighted by atomic mass is 32.1. The summed E-state index contributed by atoms with van der Waals surface area (Å²) in [6.45, 7) is 2.02. The van der Waals surface area contributed by atoms with Crippen molar-refractivity contribution in [1.82, 2.24) is 0 Å². The van der Waals surface area contributed by atoms with Crippen molar-refractivity contribution in [2.45, 2.75) is 13.3 Å². The van der Waals surface area contributed by atoms with E-state index >= 15 is 0 Å². The Hall–Kier alpha value is -1.16. The lowest BCUT2D eigenvalue weighted by atomic mass is 10.2. The third-order valence-electron chi connectivity index (χ3n) is 1.59. The zero-order chi connectivity index (χ0) is 8.55. The first-order valence-electron chi connectivity index (χ1n) is 3.59. The monoisotopic (exact) mass is 181 g/mol. The van der Waals surface area contributed by atoms with Crippen LogP contribution in [-0.4, -0.2) is 11.7 Å². The number of carbonyl (C=O) groups is 1. The molecule has 0 fully saturated rings. The predicted molar refractivity (Wildman–Crippen MR) is 46.3 cm³/mol. The van der Waals surface area contributed by atoms with Gasteiger partial charge in [-0.3, -0.25) is 0 Å². The third-order valence-corrected chi connectivity index (χ3v) is 2.64. The fourth-order valence-corrected chi connectivity index (χ4v) is 1.88. The van der Waals surface area contributed by atoms with Gasteiger partial charge < -0.3 is 4.84 Å². The zero-order valence-corrected chi connectivity index (χ0v) is 7.35. The fraction of sp³-hybridized carbons (Fsp3) is 0.250. The molecule has 1 aliphatic heterocycles. The number of thiophene rings is 1. The zero-order valence-electron chi connectivity index (χ0n) is 6.53. The van der Waals surface area contributed by atoms with Crippen LogP contribution in [0, 0.1) is 6.92 Å². The molecule has 0 aromatic carbocycles. The summed E-state index contributed by atoms with van der Waals surface area (Å²) in [7, 11) is 0. The molecule has 3 nitrogen and oxygen atoms in total. The minimum absolute atomic E-state index is 0.268. The summed E-state index contributed by atoms with van der Waals surface area (Å²) in [4.78, 5) is 17.4. The van der Waals surface area contributed by atoms with Crippen molar-refractivity contribution < 1.29 is 9.63 Å². The van der Waals surface area contributed by atoms with Crippen molar-refractivity contribution in [2.24, 2.45) is 5.16 Å². The van der Waals surface area contributed by atoms with Crippen molar-refractivity contribution in [1.29, 1.82) is 0 Å². The molecule has 0 saturated heterocycles. The van der Waals surface area contributed by atoms with E-state index in [4.69, 9.17) is 0 Å². The average Bonchev–Trinajstić information content (AvgIpc) is 2.58. The Morgan fingerprint density at radius 2 is 2.42 bits per heavy atom. The fourth-order valence-electron chi connectivity index (χ4n) is 1.03. The van der Waals surface area contributed by atoms with Crippen molar-refractivity contribution in [3.63, 3.8) is 0 Å². The number of rotatable bonds is 1. The molecule has 0 saturated carbocycles. The molecule has 62 valence electrons. The molecule has 1 aliphatic rings. The number of hydrogen-bond donors (Lipinski definition) is 0. The van der Waals surface area contributed by atoms with Crippen molar-refractivity contribution >= 4 is 23.0 Å². The topological polar surface area (TPSA) is 38.7 Å². The first-order valence-corrected chi connectivity index (χ1v) is 4.41. The van der Waals surface area contributed by atoms with Crippen LogP contribution in [0.4, 0.5) is 0 Å². The van der Waals surface area contributed by atoms with E-state index in [1.165, 1.54) is 4.88 Å². The molecule has 0 bridgehead atoms. The quantitative estimate of drug-likeness (QED) is 0.618. The Bertz CT molecular complexity index is 354. The predicted octanol–water partition coefficient (Wildman–Crippen LogP) is 1.71. The van der Waals surface area contributed by atoms with Gasteiger partial charge in [-0.05, 0) is 19.1 Å². The summed E-state index contributed by atoms with van der Waals surface area (Å²) in [5.41, 5.74) is 0.748. The van der Waals surface area contributed by atoms with E-state index in [0.29, 0.717) is 6.42 Å². The smallest absolute Gasteiger partial charge is 0.318 e. The minimum atomic E-state index is -0.268. The minimum Gasteiger partial charge on any atom is -0.318 e. The van der Waals surface area contributed by atoms with Gasteiger partial charge in [0.05, 0.1) is 11.3 Å². The molecule has 1 aromatic heterocycles. The van der Waals surface area contributed by atoms with E-state index in [9.17, 15) is 4.79 Å². The summed E-state index contributed by atoms with van der Waals surface area (Å²) in [6.07, 6.45) is 0.306. The number of carbonyl (C=O) groups excluding carboxylic acids is 1. The summed E-state index contributed by atoms with van der Waals surface area (Å²) in [5.74, 6) is -0.268. The maximum Gasteiger partial charge on any atom is 0.341 e. The average molecular weight is 181 g/mol. The Labute approximate surface area is 73.7 Å². The van der Waals surface area contributed by atoms with Gasteiger partial charge in [0.1, 0.15) is 5.71 Å². The molecular formula is C8H7NO2S. The van der Waals surface area contributed by atoms with Gasteiger partial charge in [-0.1, -0.05) is 5.16 Å². The van der Waals surface area contributed by atoms with Crippen LogP contribution in [0.15, 0.2) is 17.3 Å². The van der Waals surface area contributed by atoms with Gasteiger partial charge in [-0.2, -0.15) is 0 Å². The molecule has 0 unspecified atom stereocenters. The van der Waals surface area contributed by atoms with Crippen molar-refractivity contribution in [3.8, 4) is 0 Å². The normalized spacial score (nSPS) is 16.1. The second-order valence-electron chi connectivity index (χ2n) is 2.59. The lowest BCUT2D eigenvalue weighted by Crippen LogP contribution is -1.97.